The van der Waals surface area contributed by atoms with Gasteiger partial charge in [-0.25, -0.2) is 4.98 Å². The zero-order valence-electron chi connectivity index (χ0n) is 20.8. The van der Waals surface area contributed by atoms with Crippen molar-refractivity contribution in [3.8, 4) is 17.0 Å². The molecule has 184 valence electrons. The van der Waals surface area contributed by atoms with Crippen molar-refractivity contribution in [2.45, 2.75) is 19.5 Å². The monoisotopic (exact) mass is 480 g/mol. The average molecular weight is 481 g/mol. The Labute approximate surface area is 212 Å². The second kappa shape index (κ2) is 10.9. The summed E-state index contributed by atoms with van der Waals surface area (Å²) in [6, 6.07) is 25.8. The lowest BCUT2D eigenvalue weighted by Crippen LogP contribution is -2.43. The summed E-state index contributed by atoms with van der Waals surface area (Å²) in [7, 11) is 1.65. The standard InChI is InChI=1S/C30H32N4O2/c1-21(23-11-8-12-24(19-23)36-2)32-30(35)28-25-13-6-7-14-27(25)33-29(22-9-4-3-5-10-22)26(28)20-34-17-15-31-16-18-34/h3-14,19,21,31H,15-18,20H2,1-2H3,(H,32,35)/t21-/m0/s1. The number of methoxy groups -OCH3 is 1. The number of rotatable bonds is 7. The van der Waals surface area contributed by atoms with Gasteiger partial charge in [0, 0.05) is 49.2 Å². The Kier molecular flexibility index (Phi) is 7.26. The van der Waals surface area contributed by atoms with E-state index in [-0.39, 0.29) is 11.9 Å². The number of carbonyl (C=O) groups excluding carboxylic acids is 1. The molecule has 2 heterocycles. The average Bonchev–Trinajstić information content (AvgIpc) is 2.93. The molecule has 0 aliphatic carbocycles. The van der Waals surface area contributed by atoms with Gasteiger partial charge >= 0.3 is 0 Å². The molecule has 2 N–H and O–H groups in total. The third-order valence-corrected chi connectivity index (χ3v) is 6.80. The number of benzene rings is 3. The number of hydrogen-bond donors (Lipinski definition) is 2. The molecule has 1 aliphatic heterocycles. The van der Waals surface area contributed by atoms with Crippen LogP contribution in [0.2, 0.25) is 0 Å². The fourth-order valence-corrected chi connectivity index (χ4v) is 4.86. The van der Waals surface area contributed by atoms with E-state index in [1.807, 2.05) is 73.7 Å². The van der Waals surface area contributed by atoms with Gasteiger partial charge in [0.2, 0.25) is 0 Å². The fraction of sp³-hybridized carbons (Fsp3) is 0.267. The van der Waals surface area contributed by atoms with E-state index >= 15 is 0 Å². The maximum Gasteiger partial charge on any atom is 0.252 e. The molecule has 1 aliphatic rings. The summed E-state index contributed by atoms with van der Waals surface area (Å²) in [5, 5.41) is 7.55. The summed E-state index contributed by atoms with van der Waals surface area (Å²) in [6.45, 7) is 6.42. The number of ether oxygens (including phenoxy) is 1. The van der Waals surface area contributed by atoms with Gasteiger partial charge in [-0.15, -0.1) is 0 Å². The van der Waals surface area contributed by atoms with Crippen molar-refractivity contribution in [1.29, 1.82) is 0 Å². The maximum absolute atomic E-state index is 14.0. The molecule has 0 radical (unpaired) electrons. The van der Waals surface area contributed by atoms with Gasteiger partial charge in [-0.1, -0.05) is 60.7 Å². The highest BCUT2D eigenvalue weighted by atomic mass is 16.5. The van der Waals surface area contributed by atoms with Gasteiger partial charge < -0.3 is 15.4 Å². The van der Waals surface area contributed by atoms with Gasteiger partial charge in [-0.05, 0) is 30.7 Å². The molecule has 1 aromatic heterocycles. The zero-order chi connectivity index (χ0) is 24.9. The predicted molar refractivity (Wildman–Crippen MR) is 144 cm³/mol. The van der Waals surface area contributed by atoms with E-state index in [0.29, 0.717) is 12.1 Å². The molecule has 6 nitrogen and oxygen atoms in total. The van der Waals surface area contributed by atoms with Crippen LogP contribution in [0.4, 0.5) is 0 Å². The first-order valence-electron chi connectivity index (χ1n) is 12.5. The number of nitrogens with one attached hydrogen (secondary N) is 2. The van der Waals surface area contributed by atoms with Crippen molar-refractivity contribution in [2.24, 2.45) is 0 Å². The Balaban J connectivity index is 1.61. The van der Waals surface area contributed by atoms with Crippen LogP contribution in [0, 0.1) is 0 Å². The minimum Gasteiger partial charge on any atom is -0.497 e. The number of aromatic nitrogens is 1. The van der Waals surface area contributed by atoms with Crippen LogP contribution in [0.1, 0.15) is 34.5 Å². The largest absolute Gasteiger partial charge is 0.497 e. The van der Waals surface area contributed by atoms with Crippen LogP contribution in [0.5, 0.6) is 5.75 Å². The van der Waals surface area contributed by atoms with E-state index < -0.39 is 0 Å². The second-order valence-corrected chi connectivity index (χ2v) is 9.20. The zero-order valence-corrected chi connectivity index (χ0v) is 20.8. The number of nitrogens with zero attached hydrogens (tertiary/aromatic N) is 2. The molecule has 1 saturated heterocycles. The molecule has 0 saturated carbocycles. The van der Waals surface area contributed by atoms with Gasteiger partial charge in [0.25, 0.3) is 5.91 Å². The normalized spacial score (nSPS) is 14.9. The highest BCUT2D eigenvalue weighted by molar-refractivity contribution is 6.09. The molecule has 0 spiro atoms. The number of carbonyl (C=O) groups is 1. The Morgan fingerprint density at radius 2 is 1.78 bits per heavy atom. The lowest BCUT2D eigenvalue weighted by atomic mass is 9.95. The minimum atomic E-state index is -0.188. The smallest absolute Gasteiger partial charge is 0.252 e. The molecule has 4 aromatic rings. The van der Waals surface area contributed by atoms with Gasteiger partial charge in [0.15, 0.2) is 0 Å². The van der Waals surface area contributed by atoms with Crippen molar-refractivity contribution in [1.82, 2.24) is 20.5 Å². The molecule has 3 aromatic carbocycles. The van der Waals surface area contributed by atoms with E-state index in [9.17, 15) is 4.79 Å². The molecule has 0 unspecified atom stereocenters. The number of amides is 1. The maximum atomic E-state index is 14.0. The van der Waals surface area contributed by atoms with E-state index in [4.69, 9.17) is 9.72 Å². The SMILES string of the molecule is COc1cccc([C@H](C)NC(=O)c2c(CN3CCNCC3)c(-c3ccccc3)nc3ccccc23)c1. The van der Waals surface area contributed by atoms with Crippen molar-refractivity contribution >= 4 is 16.8 Å². The van der Waals surface area contributed by atoms with E-state index in [2.05, 4.69) is 27.7 Å². The van der Waals surface area contributed by atoms with Gasteiger partial charge in [0.1, 0.15) is 5.75 Å². The van der Waals surface area contributed by atoms with Crippen molar-refractivity contribution in [2.75, 3.05) is 33.3 Å². The Morgan fingerprint density at radius 1 is 1.03 bits per heavy atom. The van der Waals surface area contributed by atoms with Crippen molar-refractivity contribution in [3.63, 3.8) is 0 Å². The van der Waals surface area contributed by atoms with Crippen LogP contribution in [0.15, 0.2) is 78.9 Å². The number of pyridine rings is 1. The molecular formula is C30H32N4O2. The highest BCUT2D eigenvalue weighted by Gasteiger charge is 2.25. The molecule has 36 heavy (non-hydrogen) atoms. The number of fused-ring (bicyclic) bond motifs is 1. The van der Waals surface area contributed by atoms with Crippen molar-refractivity contribution in [3.05, 3.63) is 95.6 Å². The molecule has 0 bridgehead atoms. The summed E-state index contributed by atoms with van der Waals surface area (Å²) < 4.78 is 5.39. The first-order valence-corrected chi connectivity index (χ1v) is 12.5. The van der Waals surface area contributed by atoms with E-state index in [1.54, 1.807) is 7.11 Å². The first-order chi connectivity index (χ1) is 17.6. The Hall–Kier alpha value is -3.74. The molecule has 5 rings (SSSR count). The summed E-state index contributed by atoms with van der Waals surface area (Å²) >= 11 is 0. The quantitative estimate of drug-likeness (QED) is 0.398. The topological polar surface area (TPSA) is 66.5 Å². The fourth-order valence-electron chi connectivity index (χ4n) is 4.86. The van der Waals surface area contributed by atoms with Crippen LogP contribution in [0.25, 0.3) is 22.2 Å². The van der Waals surface area contributed by atoms with Gasteiger partial charge in [0.05, 0.1) is 29.9 Å². The van der Waals surface area contributed by atoms with Crippen LogP contribution in [-0.4, -0.2) is 49.1 Å². The Bertz CT molecular complexity index is 1350. The van der Waals surface area contributed by atoms with E-state index in [1.165, 1.54) is 0 Å². The number of hydrogen-bond acceptors (Lipinski definition) is 5. The minimum absolute atomic E-state index is 0.0914. The van der Waals surface area contributed by atoms with Crippen LogP contribution >= 0.6 is 0 Å². The molecular weight excluding hydrogens is 448 g/mol. The van der Waals surface area contributed by atoms with Crippen LogP contribution < -0.4 is 15.4 Å². The number of piperazine rings is 1. The van der Waals surface area contributed by atoms with Gasteiger partial charge in [-0.3, -0.25) is 9.69 Å². The lowest BCUT2D eigenvalue weighted by molar-refractivity contribution is 0.0939. The first kappa shape index (κ1) is 24.0. The summed E-state index contributed by atoms with van der Waals surface area (Å²) in [6.07, 6.45) is 0. The summed E-state index contributed by atoms with van der Waals surface area (Å²) in [5.74, 6) is 0.681. The van der Waals surface area contributed by atoms with Crippen LogP contribution in [0.3, 0.4) is 0 Å². The predicted octanol–water partition coefficient (Wildman–Crippen LogP) is 4.81. The third kappa shape index (κ3) is 5.10. The second-order valence-electron chi connectivity index (χ2n) is 9.20. The molecule has 1 atom stereocenters. The van der Waals surface area contributed by atoms with E-state index in [0.717, 1.165) is 65.2 Å². The third-order valence-electron chi connectivity index (χ3n) is 6.80. The van der Waals surface area contributed by atoms with Crippen molar-refractivity contribution < 1.29 is 9.53 Å². The summed E-state index contributed by atoms with van der Waals surface area (Å²) in [4.78, 5) is 21.5. The lowest BCUT2D eigenvalue weighted by Gasteiger charge is -2.29. The highest BCUT2D eigenvalue weighted by Crippen LogP contribution is 2.32. The summed E-state index contributed by atoms with van der Waals surface area (Å²) in [5.41, 5.74) is 5.37. The molecule has 1 amide bonds. The number of para-hydroxylation sites is 1. The Morgan fingerprint density at radius 3 is 2.56 bits per heavy atom. The van der Waals surface area contributed by atoms with Crippen LogP contribution in [-0.2, 0) is 6.54 Å². The molecule has 1 fully saturated rings. The van der Waals surface area contributed by atoms with Gasteiger partial charge in [-0.2, -0.15) is 0 Å². The molecule has 6 heteroatoms.